The van der Waals surface area contributed by atoms with Gasteiger partial charge < -0.3 is 10.6 Å². The Bertz CT molecular complexity index is 262. The van der Waals surface area contributed by atoms with Crippen molar-refractivity contribution in [3.8, 4) is 0 Å². The van der Waals surface area contributed by atoms with Crippen molar-refractivity contribution in [3.63, 3.8) is 0 Å². The standard InChI is InChI=1S/C9H14N4/c10-6-8-2-1-5-13(8)9-7-11-3-4-12-9/h3-4,7-8H,1-2,5-6,10H2. The van der Waals surface area contributed by atoms with Crippen LogP contribution in [0.4, 0.5) is 5.82 Å². The van der Waals surface area contributed by atoms with Crippen LogP contribution in [0.15, 0.2) is 18.6 Å². The minimum Gasteiger partial charge on any atom is -0.351 e. The van der Waals surface area contributed by atoms with E-state index in [4.69, 9.17) is 5.73 Å². The van der Waals surface area contributed by atoms with Crippen molar-refractivity contribution in [2.24, 2.45) is 5.73 Å². The maximum absolute atomic E-state index is 5.67. The highest BCUT2D eigenvalue weighted by Gasteiger charge is 2.23. The van der Waals surface area contributed by atoms with Gasteiger partial charge in [-0.15, -0.1) is 0 Å². The number of anilines is 1. The fourth-order valence-corrected chi connectivity index (χ4v) is 1.82. The zero-order valence-electron chi connectivity index (χ0n) is 7.56. The normalized spacial score (nSPS) is 22.2. The smallest absolute Gasteiger partial charge is 0.147 e. The molecule has 1 aromatic rings. The maximum atomic E-state index is 5.67. The Labute approximate surface area is 77.8 Å². The second-order valence-electron chi connectivity index (χ2n) is 3.29. The van der Waals surface area contributed by atoms with Crippen LogP contribution < -0.4 is 10.6 Å². The number of rotatable bonds is 2. The Balaban J connectivity index is 2.16. The summed E-state index contributed by atoms with van der Waals surface area (Å²) in [6.07, 6.45) is 7.59. The van der Waals surface area contributed by atoms with Crippen molar-refractivity contribution < 1.29 is 0 Å². The molecule has 4 nitrogen and oxygen atoms in total. The van der Waals surface area contributed by atoms with Crippen LogP contribution in [0.25, 0.3) is 0 Å². The molecule has 0 radical (unpaired) electrons. The van der Waals surface area contributed by atoms with Crippen LogP contribution in [0.3, 0.4) is 0 Å². The molecule has 1 aliphatic heterocycles. The fourth-order valence-electron chi connectivity index (χ4n) is 1.82. The molecule has 0 amide bonds. The van der Waals surface area contributed by atoms with Gasteiger partial charge in [-0.05, 0) is 12.8 Å². The summed E-state index contributed by atoms with van der Waals surface area (Å²) in [4.78, 5) is 10.6. The van der Waals surface area contributed by atoms with E-state index in [-0.39, 0.29) is 0 Å². The van der Waals surface area contributed by atoms with E-state index in [1.54, 1.807) is 18.6 Å². The van der Waals surface area contributed by atoms with E-state index in [2.05, 4.69) is 14.9 Å². The van der Waals surface area contributed by atoms with Gasteiger partial charge in [-0.25, -0.2) is 4.98 Å². The highest BCUT2D eigenvalue weighted by molar-refractivity contribution is 5.38. The van der Waals surface area contributed by atoms with Gasteiger partial charge in [0.2, 0.25) is 0 Å². The van der Waals surface area contributed by atoms with Gasteiger partial charge in [0.1, 0.15) is 5.82 Å². The summed E-state index contributed by atoms with van der Waals surface area (Å²) in [5, 5.41) is 0. The molecule has 1 aromatic heterocycles. The monoisotopic (exact) mass is 178 g/mol. The minimum atomic E-state index is 0.455. The first-order valence-corrected chi connectivity index (χ1v) is 4.64. The van der Waals surface area contributed by atoms with E-state index in [1.807, 2.05) is 0 Å². The minimum absolute atomic E-state index is 0.455. The molecule has 0 saturated carbocycles. The summed E-state index contributed by atoms with van der Waals surface area (Å²) in [7, 11) is 0. The number of nitrogens with zero attached hydrogens (tertiary/aromatic N) is 3. The van der Waals surface area contributed by atoms with E-state index in [0.717, 1.165) is 12.4 Å². The lowest BCUT2D eigenvalue weighted by atomic mass is 10.2. The van der Waals surface area contributed by atoms with E-state index >= 15 is 0 Å². The van der Waals surface area contributed by atoms with Crippen LogP contribution in [-0.2, 0) is 0 Å². The zero-order chi connectivity index (χ0) is 9.10. The number of hydrogen-bond donors (Lipinski definition) is 1. The third kappa shape index (κ3) is 1.62. The SMILES string of the molecule is NCC1CCCN1c1cnccn1. The molecule has 13 heavy (non-hydrogen) atoms. The predicted octanol–water partition coefficient (Wildman–Crippen LogP) is 0.404. The Hall–Kier alpha value is -1.16. The molecular formula is C9H14N4. The lowest BCUT2D eigenvalue weighted by Gasteiger charge is -2.23. The molecule has 1 fully saturated rings. The molecule has 0 spiro atoms. The number of hydrogen-bond acceptors (Lipinski definition) is 4. The molecular weight excluding hydrogens is 164 g/mol. The molecule has 1 atom stereocenters. The first-order valence-electron chi connectivity index (χ1n) is 4.64. The average molecular weight is 178 g/mol. The van der Waals surface area contributed by atoms with E-state index in [0.29, 0.717) is 12.6 Å². The van der Waals surface area contributed by atoms with Crippen molar-refractivity contribution in [2.45, 2.75) is 18.9 Å². The Morgan fingerprint density at radius 3 is 3.15 bits per heavy atom. The van der Waals surface area contributed by atoms with Gasteiger partial charge in [0.15, 0.2) is 0 Å². The maximum Gasteiger partial charge on any atom is 0.147 e. The van der Waals surface area contributed by atoms with Crippen LogP contribution in [0.2, 0.25) is 0 Å². The molecule has 1 aliphatic rings. The zero-order valence-corrected chi connectivity index (χ0v) is 7.56. The quantitative estimate of drug-likeness (QED) is 0.712. The molecule has 0 aliphatic carbocycles. The van der Waals surface area contributed by atoms with Gasteiger partial charge in [-0.2, -0.15) is 0 Å². The first kappa shape index (κ1) is 8.44. The Morgan fingerprint density at radius 1 is 1.54 bits per heavy atom. The molecule has 1 unspecified atom stereocenters. The molecule has 2 N–H and O–H groups in total. The molecule has 1 saturated heterocycles. The van der Waals surface area contributed by atoms with Crippen LogP contribution in [0.5, 0.6) is 0 Å². The van der Waals surface area contributed by atoms with Crippen molar-refractivity contribution in [2.75, 3.05) is 18.0 Å². The summed E-state index contributed by atoms with van der Waals surface area (Å²) in [5.74, 6) is 0.954. The summed E-state index contributed by atoms with van der Waals surface area (Å²) in [6.45, 7) is 1.76. The van der Waals surface area contributed by atoms with E-state index in [1.165, 1.54) is 12.8 Å². The van der Waals surface area contributed by atoms with Gasteiger partial charge in [0.25, 0.3) is 0 Å². The predicted molar refractivity (Wildman–Crippen MR) is 51.5 cm³/mol. The second kappa shape index (κ2) is 3.70. The lowest BCUT2D eigenvalue weighted by molar-refractivity contribution is 0.670. The summed E-state index contributed by atoms with van der Waals surface area (Å²) >= 11 is 0. The third-order valence-corrected chi connectivity index (χ3v) is 2.49. The lowest BCUT2D eigenvalue weighted by Crippen LogP contribution is -2.35. The van der Waals surface area contributed by atoms with Gasteiger partial charge in [0.05, 0.1) is 6.20 Å². The van der Waals surface area contributed by atoms with Crippen molar-refractivity contribution >= 4 is 5.82 Å². The van der Waals surface area contributed by atoms with Gasteiger partial charge in [-0.3, -0.25) is 4.98 Å². The molecule has 0 aromatic carbocycles. The Morgan fingerprint density at radius 2 is 2.46 bits per heavy atom. The molecule has 70 valence electrons. The number of aromatic nitrogens is 2. The highest BCUT2D eigenvalue weighted by atomic mass is 15.2. The molecule has 2 heterocycles. The van der Waals surface area contributed by atoms with Crippen molar-refractivity contribution in [3.05, 3.63) is 18.6 Å². The van der Waals surface area contributed by atoms with Gasteiger partial charge >= 0.3 is 0 Å². The van der Waals surface area contributed by atoms with Crippen LogP contribution in [0, 0.1) is 0 Å². The van der Waals surface area contributed by atoms with E-state index < -0.39 is 0 Å². The van der Waals surface area contributed by atoms with Crippen molar-refractivity contribution in [1.82, 2.24) is 9.97 Å². The molecule has 0 bridgehead atoms. The third-order valence-electron chi connectivity index (χ3n) is 2.49. The molecule has 4 heteroatoms. The highest BCUT2D eigenvalue weighted by Crippen LogP contribution is 2.21. The summed E-state index contributed by atoms with van der Waals surface area (Å²) in [5.41, 5.74) is 5.67. The molecule has 2 rings (SSSR count). The topological polar surface area (TPSA) is 55.0 Å². The van der Waals surface area contributed by atoms with Gasteiger partial charge in [0, 0.05) is 31.5 Å². The van der Waals surface area contributed by atoms with E-state index in [9.17, 15) is 0 Å². The largest absolute Gasteiger partial charge is 0.351 e. The fraction of sp³-hybridized carbons (Fsp3) is 0.556. The number of nitrogens with two attached hydrogens (primary N) is 1. The van der Waals surface area contributed by atoms with Crippen LogP contribution in [0.1, 0.15) is 12.8 Å². The second-order valence-corrected chi connectivity index (χ2v) is 3.29. The van der Waals surface area contributed by atoms with Crippen LogP contribution in [-0.4, -0.2) is 29.1 Å². The van der Waals surface area contributed by atoms with Crippen molar-refractivity contribution in [1.29, 1.82) is 0 Å². The Kier molecular flexibility index (Phi) is 2.40. The van der Waals surface area contributed by atoms with Gasteiger partial charge in [-0.1, -0.05) is 0 Å². The average Bonchev–Trinajstić information content (AvgIpc) is 2.67. The van der Waals surface area contributed by atoms with Crippen LogP contribution >= 0.6 is 0 Å². The summed E-state index contributed by atoms with van der Waals surface area (Å²) < 4.78 is 0. The first-order chi connectivity index (χ1) is 6.42. The summed E-state index contributed by atoms with van der Waals surface area (Å²) in [6, 6.07) is 0.455.